The number of esters is 1. The average Bonchev–Trinajstić information content (AvgIpc) is 2.29. The maximum absolute atomic E-state index is 11.5. The maximum atomic E-state index is 11.5. The lowest BCUT2D eigenvalue weighted by Crippen LogP contribution is -2.35. The van der Waals surface area contributed by atoms with Crippen LogP contribution in [0.3, 0.4) is 0 Å². The largest absolute Gasteiger partial charge is 0.461 e. The van der Waals surface area contributed by atoms with Crippen LogP contribution in [0.2, 0.25) is 0 Å². The molecule has 2 unspecified atom stereocenters. The number of hydrogen-bond acceptors (Lipinski definition) is 3. The molecule has 1 aromatic carbocycles. The predicted octanol–water partition coefficient (Wildman–Crippen LogP) is 2.30. The topological polar surface area (TPSA) is 35.5 Å². The van der Waals surface area contributed by atoms with Crippen LogP contribution in [0.5, 0.6) is 0 Å². The molecular formula is C13H16O3. The van der Waals surface area contributed by atoms with Crippen molar-refractivity contribution in [3.63, 3.8) is 0 Å². The average molecular weight is 220 g/mol. The SMILES string of the molecule is CC1CCC(OCc2ccccc2)C(=O)O1. The first-order valence-corrected chi connectivity index (χ1v) is 5.62. The Kier molecular flexibility index (Phi) is 3.57. The molecule has 0 bridgehead atoms. The molecule has 2 atom stereocenters. The normalized spacial score (nSPS) is 25.2. The Balaban J connectivity index is 1.84. The van der Waals surface area contributed by atoms with E-state index in [9.17, 15) is 4.79 Å². The van der Waals surface area contributed by atoms with Crippen LogP contribution in [0.15, 0.2) is 30.3 Å². The van der Waals surface area contributed by atoms with E-state index in [0.29, 0.717) is 6.61 Å². The first-order chi connectivity index (χ1) is 7.75. The van der Waals surface area contributed by atoms with Crippen molar-refractivity contribution in [2.24, 2.45) is 0 Å². The van der Waals surface area contributed by atoms with Crippen LogP contribution in [0.25, 0.3) is 0 Å². The summed E-state index contributed by atoms with van der Waals surface area (Å²) >= 11 is 0. The van der Waals surface area contributed by atoms with E-state index in [1.165, 1.54) is 0 Å². The van der Waals surface area contributed by atoms with Crippen molar-refractivity contribution in [3.8, 4) is 0 Å². The molecule has 16 heavy (non-hydrogen) atoms. The second-order valence-electron chi connectivity index (χ2n) is 4.11. The van der Waals surface area contributed by atoms with Crippen molar-refractivity contribution in [1.29, 1.82) is 0 Å². The molecule has 1 aromatic rings. The van der Waals surface area contributed by atoms with Gasteiger partial charge in [-0.25, -0.2) is 4.79 Å². The second kappa shape index (κ2) is 5.12. The van der Waals surface area contributed by atoms with Crippen molar-refractivity contribution in [3.05, 3.63) is 35.9 Å². The third kappa shape index (κ3) is 2.83. The summed E-state index contributed by atoms with van der Waals surface area (Å²) < 4.78 is 10.7. The molecule has 0 spiro atoms. The summed E-state index contributed by atoms with van der Waals surface area (Å²) in [5, 5.41) is 0. The van der Waals surface area contributed by atoms with Gasteiger partial charge in [-0.3, -0.25) is 0 Å². The minimum Gasteiger partial charge on any atom is -0.461 e. The third-order valence-electron chi connectivity index (χ3n) is 2.71. The fourth-order valence-electron chi connectivity index (χ4n) is 1.76. The van der Waals surface area contributed by atoms with Gasteiger partial charge in [-0.05, 0) is 25.3 Å². The van der Waals surface area contributed by atoms with Crippen molar-refractivity contribution >= 4 is 5.97 Å². The van der Waals surface area contributed by atoms with Gasteiger partial charge >= 0.3 is 5.97 Å². The van der Waals surface area contributed by atoms with Gasteiger partial charge in [-0.1, -0.05) is 30.3 Å². The summed E-state index contributed by atoms with van der Waals surface area (Å²) in [6.45, 7) is 2.38. The summed E-state index contributed by atoms with van der Waals surface area (Å²) in [5.41, 5.74) is 1.08. The highest BCUT2D eigenvalue weighted by Crippen LogP contribution is 2.18. The molecule has 1 saturated heterocycles. The highest BCUT2D eigenvalue weighted by atomic mass is 16.6. The zero-order chi connectivity index (χ0) is 11.4. The van der Waals surface area contributed by atoms with E-state index in [-0.39, 0.29) is 12.1 Å². The summed E-state index contributed by atoms with van der Waals surface area (Å²) in [5.74, 6) is -0.227. The van der Waals surface area contributed by atoms with Gasteiger partial charge in [0.1, 0.15) is 0 Å². The van der Waals surface area contributed by atoms with Crippen molar-refractivity contribution in [2.45, 2.75) is 38.6 Å². The highest BCUT2D eigenvalue weighted by molar-refractivity contribution is 5.75. The number of benzene rings is 1. The Morgan fingerprint density at radius 1 is 1.31 bits per heavy atom. The molecule has 0 amide bonds. The van der Waals surface area contributed by atoms with Gasteiger partial charge in [-0.2, -0.15) is 0 Å². The highest BCUT2D eigenvalue weighted by Gasteiger charge is 2.28. The van der Waals surface area contributed by atoms with E-state index >= 15 is 0 Å². The second-order valence-corrected chi connectivity index (χ2v) is 4.11. The van der Waals surface area contributed by atoms with E-state index < -0.39 is 6.10 Å². The molecule has 0 aliphatic carbocycles. The predicted molar refractivity (Wildman–Crippen MR) is 59.8 cm³/mol. The van der Waals surface area contributed by atoms with Crippen LogP contribution in [-0.4, -0.2) is 18.2 Å². The van der Waals surface area contributed by atoms with Gasteiger partial charge in [0.15, 0.2) is 6.10 Å². The fraction of sp³-hybridized carbons (Fsp3) is 0.462. The van der Waals surface area contributed by atoms with E-state index in [1.807, 2.05) is 37.3 Å². The first kappa shape index (κ1) is 11.1. The Bertz CT molecular complexity index is 347. The van der Waals surface area contributed by atoms with Crippen LogP contribution in [0.1, 0.15) is 25.3 Å². The lowest BCUT2D eigenvalue weighted by molar-refractivity contribution is -0.171. The van der Waals surface area contributed by atoms with E-state index in [4.69, 9.17) is 9.47 Å². The van der Waals surface area contributed by atoms with Crippen LogP contribution in [0.4, 0.5) is 0 Å². The first-order valence-electron chi connectivity index (χ1n) is 5.62. The lowest BCUT2D eigenvalue weighted by atomic mass is 10.1. The Hall–Kier alpha value is -1.35. The van der Waals surface area contributed by atoms with Crippen molar-refractivity contribution < 1.29 is 14.3 Å². The van der Waals surface area contributed by atoms with Crippen LogP contribution in [0, 0.1) is 0 Å². The Labute approximate surface area is 95.4 Å². The molecule has 0 saturated carbocycles. The number of rotatable bonds is 3. The Morgan fingerprint density at radius 3 is 2.75 bits per heavy atom. The minimum atomic E-state index is -0.392. The van der Waals surface area contributed by atoms with Crippen molar-refractivity contribution in [1.82, 2.24) is 0 Å². The number of cyclic esters (lactones) is 1. The molecule has 1 aliphatic heterocycles. The smallest absolute Gasteiger partial charge is 0.335 e. The lowest BCUT2D eigenvalue weighted by Gasteiger charge is -2.25. The molecule has 2 rings (SSSR count). The molecule has 3 nitrogen and oxygen atoms in total. The summed E-state index contributed by atoms with van der Waals surface area (Å²) in [4.78, 5) is 11.5. The number of carbonyl (C=O) groups is 1. The molecule has 0 radical (unpaired) electrons. The Morgan fingerprint density at radius 2 is 2.06 bits per heavy atom. The van der Waals surface area contributed by atoms with Crippen LogP contribution < -0.4 is 0 Å². The standard InChI is InChI=1S/C13H16O3/c1-10-7-8-12(13(14)16-10)15-9-11-5-3-2-4-6-11/h2-6,10,12H,7-9H2,1H3. The third-order valence-corrected chi connectivity index (χ3v) is 2.71. The van der Waals surface area contributed by atoms with Gasteiger partial charge in [-0.15, -0.1) is 0 Å². The fourth-order valence-corrected chi connectivity index (χ4v) is 1.76. The van der Waals surface area contributed by atoms with E-state index in [2.05, 4.69) is 0 Å². The molecule has 1 heterocycles. The van der Waals surface area contributed by atoms with Gasteiger partial charge < -0.3 is 9.47 Å². The van der Waals surface area contributed by atoms with Crippen LogP contribution >= 0.6 is 0 Å². The molecule has 0 N–H and O–H groups in total. The number of hydrogen-bond donors (Lipinski definition) is 0. The zero-order valence-corrected chi connectivity index (χ0v) is 9.39. The quantitative estimate of drug-likeness (QED) is 0.733. The monoisotopic (exact) mass is 220 g/mol. The minimum absolute atomic E-state index is 0.0316. The summed E-state index contributed by atoms with van der Waals surface area (Å²) in [6.07, 6.45) is 1.28. The molecule has 86 valence electrons. The molecule has 1 fully saturated rings. The van der Waals surface area contributed by atoms with E-state index in [1.54, 1.807) is 0 Å². The van der Waals surface area contributed by atoms with Crippen LogP contribution in [-0.2, 0) is 20.9 Å². The summed E-state index contributed by atoms with van der Waals surface area (Å²) in [7, 11) is 0. The molecular weight excluding hydrogens is 204 g/mol. The van der Waals surface area contributed by atoms with Crippen molar-refractivity contribution in [2.75, 3.05) is 0 Å². The van der Waals surface area contributed by atoms with Gasteiger partial charge in [0.05, 0.1) is 12.7 Å². The number of carbonyl (C=O) groups excluding carboxylic acids is 1. The van der Waals surface area contributed by atoms with E-state index in [0.717, 1.165) is 18.4 Å². The van der Waals surface area contributed by atoms with Gasteiger partial charge in [0, 0.05) is 0 Å². The molecule has 3 heteroatoms. The summed E-state index contributed by atoms with van der Waals surface area (Å²) in [6, 6.07) is 9.84. The van der Waals surface area contributed by atoms with Gasteiger partial charge in [0.2, 0.25) is 0 Å². The molecule has 1 aliphatic rings. The number of ether oxygens (including phenoxy) is 2. The zero-order valence-electron chi connectivity index (χ0n) is 9.39. The molecule has 0 aromatic heterocycles. The maximum Gasteiger partial charge on any atom is 0.335 e. The van der Waals surface area contributed by atoms with Gasteiger partial charge in [0.25, 0.3) is 0 Å².